The molecule has 0 atom stereocenters. The second-order valence-corrected chi connectivity index (χ2v) is 8.67. The van der Waals surface area contributed by atoms with Crippen LogP contribution in [-0.2, 0) is 15.8 Å². The van der Waals surface area contributed by atoms with Crippen LogP contribution in [0, 0.1) is 5.92 Å². The summed E-state index contributed by atoms with van der Waals surface area (Å²) in [6.07, 6.45) is 8.59. The van der Waals surface area contributed by atoms with Crippen LogP contribution in [0.3, 0.4) is 0 Å². The maximum Gasteiger partial charge on any atom is 0.215 e. The van der Waals surface area contributed by atoms with Crippen LogP contribution in [-0.4, -0.2) is 15.0 Å². The van der Waals surface area contributed by atoms with Gasteiger partial charge in [-0.3, -0.25) is 0 Å². The molecule has 0 radical (unpaired) electrons. The van der Waals surface area contributed by atoms with E-state index >= 15 is 0 Å². The summed E-state index contributed by atoms with van der Waals surface area (Å²) >= 11 is 11.8. The summed E-state index contributed by atoms with van der Waals surface area (Å²) in [5, 5.41) is 0.817. The van der Waals surface area contributed by atoms with Gasteiger partial charge in [0.1, 0.15) is 0 Å². The molecule has 3 nitrogen and oxygen atoms in total. The molecule has 1 aliphatic rings. The first kappa shape index (κ1) is 18.1. The van der Waals surface area contributed by atoms with Gasteiger partial charge in [0.05, 0.1) is 15.8 Å². The predicted molar refractivity (Wildman–Crippen MR) is 92.9 cm³/mol. The minimum Gasteiger partial charge on any atom is -0.215 e. The average molecular weight is 364 g/mol. The topological polar surface area (TPSA) is 46.2 Å². The number of nitrogens with one attached hydrogen (secondary N) is 1. The monoisotopic (exact) mass is 363 g/mol. The highest BCUT2D eigenvalue weighted by molar-refractivity contribution is 7.88. The number of hydrogen-bond acceptors (Lipinski definition) is 2. The van der Waals surface area contributed by atoms with Crippen LogP contribution < -0.4 is 4.72 Å². The third-order valence-electron chi connectivity index (χ3n) is 4.19. The first-order chi connectivity index (χ1) is 10.5. The van der Waals surface area contributed by atoms with Gasteiger partial charge in [-0.05, 0) is 30.0 Å². The third kappa shape index (κ3) is 6.07. The van der Waals surface area contributed by atoms with Crippen molar-refractivity contribution < 1.29 is 8.42 Å². The molecule has 0 bridgehead atoms. The Morgan fingerprint density at radius 2 is 1.73 bits per heavy atom. The molecule has 1 saturated carbocycles. The largest absolute Gasteiger partial charge is 0.215 e. The molecule has 6 heteroatoms. The highest BCUT2D eigenvalue weighted by atomic mass is 35.5. The summed E-state index contributed by atoms with van der Waals surface area (Å²) in [6.45, 7) is 0.522. The SMILES string of the molecule is O=S(=O)(Cc1ccc(Cl)c(Cl)c1)NCCC1CCCCCC1. The Hall–Kier alpha value is -0.290. The summed E-state index contributed by atoms with van der Waals surface area (Å²) in [6, 6.07) is 4.92. The van der Waals surface area contributed by atoms with E-state index in [1.807, 2.05) is 0 Å². The molecule has 0 unspecified atom stereocenters. The summed E-state index contributed by atoms with van der Waals surface area (Å²) in [7, 11) is -3.33. The van der Waals surface area contributed by atoms with Gasteiger partial charge in [0, 0.05) is 6.54 Å². The molecule has 2 rings (SSSR count). The normalized spacial score (nSPS) is 17.4. The second kappa shape index (κ2) is 8.53. The standard InChI is InChI=1S/C16H23Cl2NO2S/c17-15-8-7-14(11-16(15)18)12-22(20,21)19-10-9-13-5-3-1-2-4-6-13/h7-8,11,13,19H,1-6,9-10,12H2. The number of sulfonamides is 1. The lowest BCUT2D eigenvalue weighted by molar-refractivity contribution is 0.427. The van der Waals surface area contributed by atoms with E-state index in [4.69, 9.17) is 23.2 Å². The minimum absolute atomic E-state index is 0.0610. The van der Waals surface area contributed by atoms with E-state index < -0.39 is 10.0 Å². The number of rotatable bonds is 6. The maximum absolute atomic E-state index is 12.1. The lowest BCUT2D eigenvalue weighted by atomic mass is 9.97. The fraction of sp³-hybridized carbons (Fsp3) is 0.625. The molecule has 124 valence electrons. The van der Waals surface area contributed by atoms with Crippen molar-refractivity contribution >= 4 is 33.2 Å². The Morgan fingerprint density at radius 3 is 2.36 bits per heavy atom. The predicted octanol–water partition coefficient (Wildman–Crippen LogP) is 4.77. The molecule has 1 fully saturated rings. The van der Waals surface area contributed by atoms with Gasteiger partial charge in [0.25, 0.3) is 0 Å². The summed E-state index contributed by atoms with van der Waals surface area (Å²) < 4.78 is 26.9. The van der Waals surface area contributed by atoms with Crippen LogP contribution in [0.15, 0.2) is 18.2 Å². The van der Waals surface area contributed by atoms with E-state index in [9.17, 15) is 8.42 Å². The maximum atomic E-state index is 12.1. The zero-order valence-corrected chi connectivity index (χ0v) is 15.0. The Bertz CT molecular complexity index is 582. The highest BCUT2D eigenvalue weighted by Crippen LogP contribution is 2.25. The van der Waals surface area contributed by atoms with Gasteiger partial charge in [-0.15, -0.1) is 0 Å². The van der Waals surface area contributed by atoms with Crippen LogP contribution in [0.25, 0.3) is 0 Å². The lowest BCUT2D eigenvalue weighted by Gasteiger charge is -2.14. The first-order valence-electron chi connectivity index (χ1n) is 7.87. The fourth-order valence-corrected chi connectivity index (χ4v) is 4.44. The Balaban J connectivity index is 1.81. The zero-order valence-electron chi connectivity index (χ0n) is 12.7. The Labute approximate surface area is 143 Å². The van der Waals surface area contributed by atoms with E-state index in [-0.39, 0.29) is 5.75 Å². The molecule has 0 spiro atoms. The van der Waals surface area contributed by atoms with Gasteiger partial charge in [0.15, 0.2) is 0 Å². The zero-order chi connectivity index (χ0) is 16.0. The Morgan fingerprint density at radius 1 is 1.05 bits per heavy atom. The first-order valence-corrected chi connectivity index (χ1v) is 10.3. The molecule has 1 aliphatic carbocycles. The summed E-state index contributed by atoms with van der Waals surface area (Å²) in [4.78, 5) is 0. The second-order valence-electron chi connectivity index (χ2n) is 6.05. The molecule has 1 N–H and O–H groups in total. The van der Waals surface area contributed by atoms with Crippen LogP contribution in [0.5, 0.6) is 0 Å². The molecule has 22 heavy (non-hydrogen) atoms. The van der Waals surface area contributed by atoms with E-state index in [1.165, 1.54) is 38.5 Å². The summed E-state index contributed by atoms with van der Waals surface area (Å²) in [5.74, 6) is 0.601. The van der Waals surface area contributed by atoms with Gasteiger partial charge in [0.2, 0.25) is 10.0 Å². The van der Waals surface area contributed by atoms with E-state index in [2.05, 4.69) is 4.72 Å². The van der Waals surface area contributed by atoms with E-state index in [1.54, 1.807) is 18.2 Å². The molecule has 0 aliphatic heterocycles. The van der Waals surface area contributed by atoms with Crippen LogP contribution in [0.1, 0.15) is 50.5 Å². The van der Waals surface area contributed by atoms with Crippen LogP contribution in [0.4, 0.5) is 0 Å². The van der Waals surface area contributed by atoms with Crippen molar-refractivity contribution in [3.8, 4) is 0 Å². The molecule has 0 amide bonds. The highest BCUT2D eigenvalue weighted by Gasteiger charge is 2.15. The van der Waals surface area contributed by atoms with Crippen molar-refractivity contribution in [1.82, 2.24) is 4.72 Å². The number of halogens is 2. The van der Waals surface area contributed by atoms with Crippen molar-refractivity contribution in [2.75, 3.05) is 6.54 Å². The number of benzene rings is 1. The Kier molecular flexibility index (Phi) is 7.00. The minimum atomic E-state index is -3.33. The molecule has 1 aromatic rings. The van der Waals surface area contributed by atoms with Crippen molar-refractivity contribution in [3.05, 3.63) is 33.8 Å². The van der Waals surface area contributed by atoms with E-state index in [0.29, 0.717) is 28.1 Å². The smallest absolute Gasteiger partial charge is 0.215 e. The van der Waals surface area contributed by atoms with Crippen molar-refractivity contribution in [2.24, 2.45) is 5.92 Å². The van der Waals surface area contributed by atoms with E-state index in [0.717, 1.165) is 6.42 Å². The van der Waals surface area contributed by atoms with Crippen LogP contribution >= 0.6 is 23.2 Å². The molecular weight excluding hydrogens is 341 g/mol. The molecule has 0 aromatic heterocycles. The lowest BCUT2D eigenvalue weighted by Crippen LogP contribution is -2.27. The quantitative estimate of drug-likeness (QED) is 0.739. The summed E-state index contributed by atoms with van der Waals surface area (Å²) in [5.41, 5.74) is 0.649. The molecule has 0 saturated heterocycles. The van der Waals surface area contributed by atoms with Gasteiger partial charge in [-0.1, -0.05) is 67.8 Å². The van der Waals surface area contributed by atoms with Crippen molar-refractivity contribution in [3.63, 3.8) is 0 Å². The van der Waals surface area contributed by atoms with Crippen molar-refractivity contribution in [2.45, 2.75) is 50.7 Å². The molecular formula is C16H23Cl2NO2S. The van der Waals surface area contributed by atoms with Crippen molar-refractivity contribution in [1.29, 1.82) is 0 Å². The van der Waals surface area contributed by atoms with Gasteiger partial charge in [-0.25, -0.2) is 13.1 Å². The van der Waals surface area contributed by atoms with Gasteiger partial charge < -0.3 is 0 Å². The third-order valence-corrected chi connectivity index (χ3v) is 6.29. The van der Waals surface area contributed by atoms with Gasteiger partial charge >= 0.3 is 0 Å². The fourth-order valence-electron chi connectivity index (χ4n) is 2.97. The molecule has 0 heterocycles. The molecule has 1 aromatic carbocycles. The average Bonchev–Trinajstić information content (AvgIpc) is 2.71. The number of hydrogen-bond donors (Lipinski definition) is 1. The van der Waals surface area contributed by atoms with Gasteiger partial charge in [-0.2, -0.15) is 0 Å². The van der Waals surface area contributed by atoms with Crippen LogP contribution in [0.2, 0.25) is 10.0 Å².